The molecule has 0 atom stereocenters. The zero-order valence-electron chi connectivity index (χ0n) is 14.2. The number of nitrogens with zero attached hydrogens (tertiary/aromatic N) is 3. The van der Waals surface area contributed by atoms with Gasteiger partial charge in [-0.3, -0.25) is 14.1 Å². The summed E-state index contributed by atoms with van der Waals surface area (Å²) >= 11 is 0. The lowest BCUT2D eigenvalue weighted by atomic mass is 10.1. The fraction of sp³-hybridized carbons (Fsp3) is 0.143. The lowest BCUT2D eigenvalue weighted by molar-refractivity contribution is 0.282. The van der Waals surface area contributed by atoms with Gasteiger partial charge >= 0.3 is 5.69 Å². The first-order chi connectivity index (χ1) is 12.8. The Hall–Kier alpha value is -3.18. The molecule has 4 rings (SSSR count). The molecule has 0 bridgehead atoms. The normalized spacial score (nSPS) is 11.1. The number of hydrogen-bond acceptors (Lipinski definition) is 3. The van der Waals surface area contributed by atoms with Crippen LogP contribution in [0.1, 0.15) is 16.7 Å². The van der Waals surface area contributed by atoms with Crippen LogP contribution in [-0.4, -0.2) is 19.2 Å². The Kier molecular flexibility index (Phi) is 4.37. The monoisotopic (exact) mass is 345 g/mol. The van der Waals surface area contributed by atoms with Gasteiger partial charge in [-0.15, -0.1) is 0 Å². The van der Waals surface area contributed by atoms with Crippen LogP contribution in [0.3, 0.4) is 0 Å². The highest BCUT2D eigenvalue weighted by atomic mass is 16.3. The molecule has 0 radical (unpaired) electrons. The summed E-state index contributed by atoms with van der Waals surface area (Å²) in [6.07, 6.45) is 3.45. The second kappa shape index (κ2) is 6.98. The lowest BCUT2D eigenvalue weighted by Crippen LogP contribution is -2.25. The number of aromatic nitrogens is 3. The van der Waals surface area contributed by atoms with E-state index in [4.69, 9.17) is 0 Å². The predicted molar refractivity (Wildman–Crippen MR) is 101 cm³/mol. The number of aliphatic hydroxyl groups excluding tert-OH is 1. The Balaban J connectivity index is 1.77. The highest BCUT2D eigenvalue weighted by molar-refractivity contribution is 5.75. The van der Waals surface area contributed by atoms with Crippen LogP contribution in [0.25, 0.3) is 11.0 Å². The summed E-state index contributed by atoms with van der Waals surface area (Å²) in [7, 11) is 0. The maximum absolute atomic E-state index is 13.1. The first-order valence-electron chi connectivity index (χ1n) is 8.52. The van der Waals surface area contributed by atoms with Crippen molar-refractivity contribution in [3.8, 4) is 0 Å². The van der Waals surface area contributed by atoms with Crippen LogP contribution in [0.5, 0.6) is 0 Å². The van der Waals surface area contributed by atoms with E-state index in [1.807, 2.05) is 60.7 Å². The molecule has 5 nitrogen and oxygen atoms in total. The van der Waals surface area contributed by atoms with Gasteiger partial charge in [-0.1, -0.05) is 54.6 Å². The molecule has 0 amide bonds. The average molecular weight is 345 g/mol. The number of rotatable bonds is 5. The molecule has 26 heavy (non-hydrogen) atoms. The van der Waals surface area contributed by atoms with Crippen molar-refractivity contribution in [1.29, 1.82) is 0 Å². The summed E-state index contributed by atoms with van der Waals surface area (Å²) in [5.41, 5.74) is 4.59. The van der Waals surface area contributed by atoms with Crippen LogP contribution in [0, 0.1) is 0 Å². The van der Waals surface area contributed by atoms with Gasteiger partial charge in [0.2, 0.25) is 0 Å². The van der Waals surface area contributed by atoms with Gasteiger partial charge in [-0.2, -0.15) is 0 Å². The molecule has 0 spiro atoms. The molecule has 0 aliphatic rings. The summed E-state index contributed by atoms with van der Waals surface area (Å²) in [6.45, 7) is 1.01. The van der Waals surface area contributed by atoms with Crippen LogP contribution in [0.15, 0.2) is 77.9 Å². The number of pyridine rings is 1. The van der Waals surface area contributed by atoms with Crippen molar-refractivity contribution < 1.29 is 5.11 Å². The van der Waals surface area contributed by atoms with Gasteiger partial charge in [0.15, 0.2) is 0 Å². The first kappa shape index (κ1) is 16.3. The van der Waals surface area contributed by atoms with Gasteiger partial charge in [0.1, 0.15) is 0 Å². The largest absolute Gasteiger partial charge is 0.392 e. The van der Waals surface area contributed by atoms with E-state index in [-0.39, 0.29) is 12.3 Å². The third-order valence-electron chi connectivity index (χ3n) is 4.55. The van der Waals surface area contributed by atoms with Crippen molar-refractivity contribution in [3.05, 3.63) is 100 Å². The zero-order chi connectivity index (χ0) is 17.9. The number of fused-ring (bicyclic) bond motifs is 1. The van der Waals surface area contributed by atoms with E-state index in [0.717, 1.165) is 27.7 Å². The lowest BCUT2D eigenvalue weighted by Gasteiger charge is -2.05. The maximum atomic E-state index is 13.1. The first-order valence-corrected chi connectivity index (χ1v) is 8.52. The van der Waals surface area contributed by atoms with Gasteiger partial charge in [-0.05, 0) is 22.8 Å². The van der Waals surface area contributed by atoms with Crippen molar-refractivity contribution in [2.24, 2.45) is 0 Å². The van der Waals surface area contributed by atoms with E-state index in [9.17, 15) is 9.90 Å². The average Bonchev–Trinajstić information content (AvgIpc) is 2.95. The van der Waals surface area contributed by atoms with E-state index in [2.05, 4.69) is 4.98 Å². The molecule has 4 aromatic rings. The third-order valence-corrected chi connectivity index (χ3v) is 4.55. The van der Waals surface area contributed by atoms with Crippen LogP contribution in [-0.2, 0) is 19.7 Å². The molecule has 0 fully saturated rings. The topological polar surface area (TPSA) is 60.0 Å². The molecule has 1 N–H and O–H groups in total. The minimum Gasteiger partial charge on any atom is -0.392 e. The number of benzene rings is 2. The fourth-order valence-corrected chi connectivity index (χ4v) is 3.17. The summed E-state index contributed by atoms with van der Waals surface area (Å²) < 4.78 is 3.54. The van der Waals surface area contributed by atoms with Crippen molar-refractivity contribution in [1.82, 2.24) is 14.1 Å². The van der Waals surface area contributed by atoms with E-state index >= 15 is 0 Å². The van der Waals surface area contributed by atoms with Crippen LogP contribution in [0.2, 0.25) is 0 Å². The number of imidazole rings is 1. The van der Waals surface area contributed by atoms with Crippen molar-refractivity contribution in [2.75, 3.05) is 0 Å². The molecular formula is C21H19N3O2. The van der Waals surface area contributed by atoms with Gasteiger partial charge in [0.05, 0.1) is 36.9 Å². The molecular weight excluding hydrogens is 326 g/mol. The van der Waals surface area contributed by atoms with Crippen molar-refractivity contribution in [2.45, 2.75) is 19.7 Å². The maximum Gasteiger partial charge on any atom is 0.329 e. The third kappa shape index (κ3) is 3.05. The number of aliphatic hydroxyl groups is 1. The van der Waals surface area contributed by atoms with Gasteiger partial charge in [0, 0.05) is 6.20 Å². The molecule has 2 aromatic carbocycles. The highest BCUT2D eigenvalue weighted by Gasteiger charge is 2.13. The SMILES string of the molecule is O=c1n(Cc2ccccc2)c2ccncc2n1Cc1ccc(CO)cc1. The van der Waals surface area contributed by atoms with Gasteiger partial charge in [-0.25, -0.2) is 4.79 Å². The molecule has 5 heteroatoms. The smallest absolute Gasteiger partial charge is 0.329 e. The summed E-state index contributed by atoms with van der Waals surface area (Å²) in [4.78, 5) is 17.3. The molecule has 0 aliphatic heterocycles. The molecule has 0 saturated heterocycles. The quantitative estimate of drug-likeness (QED) is 0.605. The Bertz CT molecular complexity index is 1080. The Morgan fingerprint density at radius 1 is 0.769 bits per heavy atom. The minimum absolute atomic E-state index is 0.0144. The molecule has 0 saturated carbocycles. The number of hydrogen-bond donors (Lipinski definition) is 1. The standard InChI is InChI=1S/C21H19N3O2/c25-15-18-8-6-17(7-9-18)14-24-20-12-22-11-10-19(20)23(21(24)26)13-16-4-2-1-3-5-16/h1-12,25H,13-15H2. The summed E-state index contributed by atoms with van der Waals surface area (Å²) in [6, 6.07) is 19.5. The van der Waals surface area contributed by atoms with Gasteiger partial charge in [0.25, 0.3) is 0 Å². The highest BCUT2D eigenvalue weighted by Crippen LogP contribution is 2.15. The molecule has 130 valence electrons. The van der Waals surface area contributed by atoms with E-state index in [1.165, 1.54) is 0 Å². The second-order valence-electron chi connectivity index (χ2n) is 6.28. The van der Waals surface area contributed by atoms with Crippen LogP contribution < -0.4 is 5.69 Å². The Labute approximate surface area is 150 Å². The van der Waals surface area contributed by atoms with E-state index in [0.29, 0.717) is 13.1 Å². The minimum atomic E-state index is -0.0527. The Morgan fingerprint density at radius 3 is 2.08 bits per heavy atom. The zero-order valence-corrected chi connectivity index (χ0v) is 14.2. The molecule has 0 aliphatic carbocycles. The van der Waals surface area contributed by atoms with Crippen LogP contribution in [0.4, 0.5) is 0 Å². The second-order valence-corrected chi connectivity index (χ2v) is 6.28. The summed E-state index contributed by atoms with van der Waals surface area (Å²) in [5.74, 6) is 0. The van der Waals surface area contributed by atoms with Gasteiger partial charge < -0.3 is 5.11 Å². The van der Waals surface area contributed by atoms with Crippen molar-refractivity contribution >= 4 is 11.0 Å². The van der Waals surface area contributed by atoms with E-state index < -0.39 is 0 Å². The van der Waals surface area contributed by atoms with E-state index in [1.54, 1.807) is 21.5 Å². The fourth-order valence-electron chi connectivity index (χ4n) is 3.17. The van der Waals surface area contributed by atoms with Crippen LogP contribution >= 0.6 is 0 Å². The van der Waals surface area contributed by atoms with Crippen molar-refractivity contribution in [3.63, 3.8) is 0 Å². The summed E-state index contributed by atoms with van der Waals surface area (Å²) in [5, 5.41) is 9.18. The molecule has 0 unspecified atom stereocenters. The predicted octanol–water partition coefficient (Wildman–Crippen LogP) is 2.79. The molecule has 2 heterocycles. The Morgan fingerprint density at radius 2 is 1.38 bits per heavy atom. The molecule has 2 aromatic heterocycles.